The molecule has 6 heterocycles. The van der Waals surface area contributed by atoms with Gasteiger partial charge in [-0.3, -0.25) is 39.0 Å². The third-order valence-electron chi connectivity index (χ3n) is 12.0. The second kappa shape index (κ2) is 19.8. The predicted octanol–water partition coefficient (Wildman–Crippen LogP) is 1.45. The molecule has 20 heteroatoms. The van der Waals surface area contributed by atoms with Gasteiger partial charge < -0.3 is 40.2 Å². The second-order valence-corrected chi connectivity index (χ2v) is 16.3. The normalized spacial score (nSPS) is 20.3. The summed E-state index contributed by atoms with van der Waals surface area (Å²) in [5.74, 6) is -1.49. The molecular weight excluding hydrogens is 813 g/mol. The minimum Gasteiger partial charge on any atom is -0.378 e. The maximum absolute atomic E-state index is 13.0. The molecule has 5 N–H and O–H groups in total. The van der Waals surface area contributed by atoms with E-state index in [2.05, 4.69) is 56.0 Å². The van der Waals surface area contributed by atoms with Crippen LogP contribution in [-0.4, -0.2) is 148 Å². The lowest BCUT2D eigenvalue weighted by Crippen LogP contribution is -2.54. The number of rotatable bonds is 19. The molecule has 8 rings (SSSR count). The van der Waals surface area contributed by atoms with Gasteiger partial charge in [0.1, 0.15) is 23.6 Å². The first-order chi connectivity index (χ1) is 30.6. The average Bonchev–Trinajstić information content (AvgIpc) is 3.80. The van der Waals surface area contributed by atoms with Gasteiger partial charge in [-0.1, -0.05) is 6.07 Å². The number of aryl methyl sites for hydroxylation is 1. The van der Waals surface area contributed by atoms with Crippen molar-refractivity contribution in [3.05, 3.63) is 71.6 Å². The van der Waals surface area contributed by atoms with Gasteiger partial charge in [-0.25, -0.2) is 19.9 Å². The Hall–Kier alpha value is -6.38. The summed E-state index contributed by atoms with van der Waals surface area (Å²) in [6.45, 7) is 7.51. The van der Waals surface area contributed by atoms with Gasteiger partial charge in [0, 0.05) is 49.5 Å². The number of carbonyl (C=O) groups is 6. The zero-order valence-corrected chi connectivity index (χ0v) is 35.1. The van der Waals surface area contributed by atoms with Gasteiger partial charge >= 0.3 is 0 Å². The molecule has 3 aromatic heterocycles. The van der Waals surface area contributed by atoms with Crippen LogP contribution in [0, 0.1) is 12.8 Å². The summed E-state index contributed by atoms with van der Waals surface area (Å²) in [5, 5.41) is 14.5. The van der Waals surface area contributed by atoms with Crippen molar-refractivity contribution in [2.75, 3.05) is 76.3 Å². The van der Waals surface area contributed by atoms with Gasteiger partial charge in [-0.2, -0.15) is 0 Å². The smallest absolute Gasteiger partial charge is 0.270 e. The molecule has 20 nitrogen and oxygen atoms in total. The molecule has 4 aliphatic rings. The fraction of sp³-hybridized carbons (Fsp3) is 0.488. The highest BCUT2D eigenvalue weighted by Gasteiger charge is 2.44. The number of nitrogens with one attached hydrogen (secondary N) is 5. The first-order valence-corrected chi connectivity index (χ1v) is 21.5. The van der Waals surface area contributed by atoms with E-state index in [4.69, 9.17) is 9.47 Å². The fourth-order valence-electron chi connectivity index (χ4n) is 8.37. The number of ether oxygens (including phenoxy) is 2. The van der Waals surface area contributed by atoms with Crippen LogP contribution in [0.25, 0.3) is 11.2 Å². The van der Waals surface area contributed by atoms with Crippen LogP contribution in [0.3, 0.4) is 0 Å². The maximum Gasteiger partial charge on any atom is 0.270 e. The Labute approximate surface area is 363 Å². The highest BCUT2D eigenvalue weighted by molar-refractivity contribution is 6.23. The number of imidazole rings is 1. The van der Waals surface area contributed by atoms with Crippen molar-refractivity contribution < 1.29 is 38.2 Å². The van der Waals surface area contributed by atoms with Crippen LogP contribution >= 0.6 is 0 Å². The van der Waals surface area contributed by atoms with E-state index in [1.165, 1.54) is 12.1 Å². The SMILES string of the molecule is Cc1cccc(C(=O)NC2CC(n3cnc4c(NCC5CCN(CCOCCOCCNC(=O)CNc6ccc7c(c6)C(=O)N([C@@H]6CCC(=O)NC6=O)C7=O)CC5)ncnc43)C2)n1. The van der Waals surface area contributed by atoms with Crippen molar-refractivity contribution in [1.82, 2.24) is 50.3 Å². The Balaban J connectivity index is 0.650. The largest absolute Gasteiger partial charge is 0.378 e. The standard InChI is InChI=1S/C43H52N12O8/c1-26-3-2-4-33(50-26)40(58)51-29-19-30(20-29)54-25-49-37-38(47-24-48-39(37)54)46-22-27-9-12-53(13-10-27)14-16-63-18-17-62-15-11-44-36(57)23-45-28-5-6-31-32(21-28)43(61)55(42(31)60)34-7-8-35(56)52-41(34)59/h2-6,21,24-25,27,29-30,34,45H,7-20,22-23H2,1H3,(H,44,57)(H,51,58)(H,46,47,48)(H,52,56,59)/t29?,30?,34-/m1/s1. The lowest BCUT2D eigenvalue weighted by atomic mass is 9.86. The van der Waals surface area contributed by atoms with E-state index in [1.54, 1.807) is 18.5 Å². The molecule has 1 aliphatic carbocycles. The lowest BCUT2D eigenvalue weighted by Gasteiger charge is -2.36. The number of piperidine rings is 2. The van der Waals surface area contributed by atoms with Crippen molar-refractivity contribution in [2.45, 2.75) is 63.6 Å². The minimum atomic E-state index is -1.04. The summed E-state index contributed by atoms with van der Waals surface area (Å²) < 4.78 is 13.5. The quantitative estimate of drug-likeness (QED) is 0.0662. The highest BCUT2D eigenvalue weighted by Crippen LogP contribution is 2.35. The van der Waals surface area contributed by atoms with Gasteiger partial charge in [-0.15, -0.1) is 0 Å². The van der Waals surface area contributed by atoms with Crippen molar-refractivity contribution in [3.63, 3.8) is 0 Å². The molecule has 0 radical (unpaired) electrons. The molecule has 3 fully saturated rings. The molecule has 1 saturated carbocycles. The molecule has 1 atom stereocenters. The number of anilines is 2. The Bertz CT molecular complexity index is 2360. The van der Waals surface area contributed by atoms with E-state index in [-0.39, 0.29) is 54.4 Å². The number of pyridine rings is 1. The van der Waals surface area contributed by atoms with Crippen LogP contribution in [0.2, 0.25) is 0 Å². The minimum absolute atomic E-state index is 0.0424. The number of aromatic nitrogens is 5. The summed E-state index contributed by atoms with van der Waals surface area (Å²) in [7, 11) is 0. The van der Waals surface area contributed by atoms with E-state index < -0.39 is 29.7 Å². The van der Waals surface area contributed by atoms with Crippen LogP contribution in [0.1, 0.15) is 81.5 Å². The van der Waals surface area contributed by atoms with E-state index in [0.717, 1.165) is 79.4 Å². The van der Waals surface area contributed by atoms with Crippen LogP contribution in [-0.2, 0) is 23.9 Å². The van der Waals surface area contributed by atoms with Crippen molar-refractivity contribution >= 4 is 58.1 Å². The molecular formula is C43H52N12O8. The van der Waals surface area contributed by atoms with Crippen molar-refractivity contribution in [1.29, 1.82) is 0 Å². The highest BCUT2D eigenvalue weighted by atomic mass is 16.5. The molecule has 6 amide bonds. The van der Waals surface area contributed by atoms with E-state index in [1.807, 2.05) is 25.4 Å². The van der Waals surface area contributed by atoms with Crippen LogP contribution in [0.4, 0.5) is 11.5 Å². The molecule has 2 saturated heterocycles. The van der Waals surface area contributed by atoms with Gasteiger partial charge in [0.05, 0.1) is 50.4 Å². The van der Waals surface area contributed by atoms with Crippen LogP contribution in [0.15, 0.2) is 49.1 Å². The summed E-state index contributed by atoms with van der Waals surface area (Å²) in [6.07, 6.45) is 7.24. The lowest BCUT2D eigenvalue weighted by molar-refractivity contribution is -0.136. The number of nitrogens with zero attached hydrogens (tertiary/aromatic N) is 7. The molecule has 4 aromatic rings. The van der Waals surface area contributed by atoms with Crippen LogP contribution in [0.5, 0.6) is 0 Å². The number of carbonyl (C=O) groups excluding carboxylic acids is 6. The molecule has 63 heavy (non-hydrogen) atoms. The topological polar surface area (TPSA) is 244 Å². The summed E-state index contributed by atoms with van der Waals surface area (Å²) in [5.41, 5.74) is 3.56. The monoisotopic (exact) mass is 864 g/mol. The van der Waals surface area contributed by atoms with Crippen molar-refractivity contribution in [3.8, 4) is 0 Å². The summed E-state index contributed by atoms with van der Waals surface area (Å²) in [4.78, 5) is 96.1. The molecule has 0 unspecified atom stereocenters. The number of likely N-dealkylation sites (tertiary alicyclic amines) is 1. The number of fused-ring (bicyclic) bond motifs is 2. The van der Waals surface area contributed by atoms with Crippen molar-refractivity contribution in [2.24, 2.45) is 5.92 Å². The third-order valence-corrected chi connectivity index (χ3v) is 12.0. The van der Waals surface area contributed by atoms with Gasteiger partial charge in [0.15, 0.2) is 11.5 Å². The van der Waals surface area contributed by atoms with E-state index in [0.29, 0.717) is 50.3 Å². The van der Waals surface area contributed by atoms with Gasteiger partial charge in [-0.05, 0) is 88.4 Å². The Morgan fingerprint density at radius 2 is 1.68 bits per heavy atom. The molecule has 3 aliphatic heterocycles. The first-order valence-electron chi connectivity index (χ1n) is 21.5. The predicted molar refractivity (Wildman–Crippen MR) is 228 cm³/mol. The Kier molecular flexibility index (Phi) is 13.6. The molecule has 332 valence electrons. The number of hydrogen-bond acceptors (Lipinski definition) is 15. The van der Waals surface area contributed by atoms with Gasteiger partial charge in [0.2, 0.25) is 17.7 Å². The first kappa shape index (κ1) is 43.3. The molecule has 0 bridgehead atoms. The Morgan fingerprint density at radius 1 is 0.889 bits per heavy atom. The van der Waals surface area contributed by atoms with Gasteiger partial charge in [0.25, 0.3) is 17.7 Å². The molecule has 1 aromatic carbocycles. The van der Waals surface area contributed by atoms with E-state index in [9.17, 15) is 28.8 Å². The third kappa shape index (κ3) is 10.3. The maximum atomic E-state index is 13.0. The number of benzene rings is 1. The zero-order chi connectivity index (χ0) is 43.9. The number of imide groups is 2. The number of amides is 6. The van der Waals surface area contributed by atoms with Crippen LogP contribution < -0.4 is 26.6 Å². The summed E-state index contributed by atoms with van der Waals surface area (Å²) in [6, 6.07) is 9.24. The number of hydrogen-bond donors (Lipinski definition) is 5. The summed E-state index contributed by atoms with van der Waals surface area (Å²) >= 11 is 0. The van der Waals surface area contributed by atoms with E-state index >= 15 is 0 Å². The second-order valence-electron chi connectivity index (χ2n) is 16.3. The Morgan fingerprint density at radius 3 is 2.48 bits per heavy atom. The molecule has 0 spiro atoms. The fourth-order valence-corrected chi connectivity index (χ4v) is 8.37. The average molecular weight is 865 g/mol. The zero-order valence-electron chi connectivity index (χ0n) is 35.1.